The van der Waals surface area contributed by atoms with E-state index in [2.05, 4.69) is 313 Å². The van der Waals surface area contributed by atoms with Gasteiger partial charge in [-0.3, -0.25) is 9.97 Å². The minimum atomic E-state index is -1.76. The number of halogens is 5. The summed E-state index contributed by atoms with van der Waals surface area (Å²) in [5, 5.41) is 21.5. The van der Waals surface area contributed by atoms with E-state index in [4.69, 9.17) is 9.59 Å². The molecule has 0 amide bonds. The largest absolute Gasteiger partial charge is 1.00 e. The number of H-pyrrole nitrogens is 1. The predicted octanol–water partition coefficient (Wildman–Crippen LogP) is 9.55. The number of carboxylic acid groups (broad SMARTS) is 2. The number of nitrogens with zero attached hydrogens (tertiary/aromatic N) is 3. The summed E-state index contributed by atoms with van der Waals surface area (Å²) in [5.41, 5.74) is 27.6. The van der Waals surface area contributed by atoms with Gasteiger partial charge in [0.15, 0.2) is 12.4 Å². The maximum atomic E-state index is 11.3. The zero-order valence-electron chi connectivity index (χ0n) is 68.7. The summed E-state index contributed by atoms with van der Waals surface area (Å²) < 4.78 is 0. The number of nitrogens with one attached hydrogen (secondary N) is 1. The van der Waals surface area contributed by atoms with Gasteiger partial charge in [-0.2, -0.15) is 47.4 Å². The Balaban J connectivity index is -0.00000120. The molecule has 20 heteroatoms. The number of hydrogen-bond acceptors (Lipinski definition) is 9. The Morgan fingerprint density at radius 2 is 0.798 bits per heavy atom. The van der Waals surface area contributed by atoms with Crippen LogP contribution in [-0.4, -0.2) is 86.3 Å². The number of aromatic nitrogens is 3. The van der Waals surface area contributed by atoms with Gasteiger partial charge in [0.25, 0.3) is 0 Å². The summed E-state index contributed by atoms with van der Waals surface area (Å²) in [4.78, 5) is 52.7. The van der Waals surface area contributed by atoms with Gasteiger partial charge in [0, 0.05) is 73.1 Å². The van der Waals surface area contributed by atoms with E-state index in [0.717, 1.165) is 33.4 Å². The van der Waals surface area contributed by atoms with Crippen molar-refractivity contribution >= 4 is 105 Å². The first-order chi connectivity index (χ1) is 49.3. The molecule has 0 bridgehead atoms. The number of carbonyl (C=O) groups excluding carboxylic acids is 4. The Bertz CT molecular complexity index is 4520. The fraction of sp³-hybridized carbons (Fsp3) is 0.258. The minimum absolute atomic E-state index is 0. The average molecular weight is 2190 g/mol. The summed E-state index contributed by atoms with van der Waals surface area (Å²) in [6, 6.07) is 62.8. The van der Waals surface area contributed by atoms with E-state index in [1.54, 1.807) is 51.4 Å². The van der Waals surface area contributed by atoms with Crippen molar-refractivity contribution in [2.75, 3.05) is 63.2 Å². The maximum absolute atomic E-state index is 11.3. The van der Waals surface area contributed by atoms with Crippen LogP contribution >= 0.6 is 75.9 Å². The van der Waals surface area contributed by atoms with Crippen molar-refractivity contribution in [2.45, 2.75) is 102 Å². The number of aromatic carboxylic acids is 2. The number of rotatable bonds is 9. The van der Waals surface area contributed by atoms with Crippen molar-refractivity contribution in [3.8, 4) is 44.5 Å². The van der Waals surface area contributed by atoms with E-state index in [-0.39, 0.29) is 241 Å². The van der Waals surface area contributed by atoms with Crippen molar-refractivity contribution in [1.82, 2.24) is 9.97 Å². The molecule has 0 aliphatic heterocycles. The van der Waals surface area contributed by atoms with Crippen LogP contribution in [-0.2, 0) is 9.59 Å². The third-order valence-electron chi connectivity index (χ3n) is 16.2. The molecule has 0 fully saturated rings. The van der Waals surface area contributed by atoms with Gasteiger partial charge < -0.3 is 41.7 Å². The molecule has 11 rings (SSSR count). The van der Waals surface area contributed by atoms with E-state index in [1.807, 2.05) is 91.9 Å². The van der Waals surface area contributed by atoms with E-state index >= 15 is 0 Å². The summed E-state index contributed by atoms with van der Waals surface area (Å²) in [5.74, 6) is 1.35. The van der Waals surface area contributed by atoms with Crippen LogP contribution in [0.1, 0.15) is 98.6 Å². The fourth-order valence-corrected chi connectivity index (χ4v) is 16.1. The van der Waals surface area contributed by atoms with Gasteiger partial charge in [-0.25, -0.2) is 4.98 Å². The normalized spacial score (nSPS) is 10.2. The molecular weight excluding hydrogens is 2080 g/mol. The van der Waals surface area contributed by atoms with Gasteiger partial charge in [0.05, 0.1) is 5.97 Å². The van der Waals surface area contributed by atoms with Crippen LogP contribution in [0.2, 0.25) is 0 Å². The Labute approximate surface area is 874 Å². The second-order valence-electron chi connectivity index (χ2n) is 26.9. The first kappa shape index (κ1) is 112. The molecule has 0 spiro atoms. The molecule has 1 N–H and O–H groups in total. The molecule has 109 heavy (non-hydrogen) atoms. The van der Waals surface area contributed by atoms with Gasteiger partial charge in [0.1, 0.15) is 0 Å². The number of pyridine rings is 3. The number of alkyl halides is 2. The van der Waals surface area contributed by atoms with Crippen LogP contribution in [0.4, 0.5) is 5.69 Å². The van der Waals surface area contributed by atoms with Crippen LogP contribution in [0.3, 0.4) is 0 Å². The number of benzene rings is 8. The Morgan fingerprint density at radius 1 is 0.440 bits per heavy atom. The van der Waals surface area contributed by atoms with E-state index in [9.17, 15) is 19.8 Å². The molecule has 8 aromatic carbocycles. The molecule has 3 heterocycles. The third kappa shape index (κ3) is 41.1. The second kappa shape index (κ2) is 56.9. The molecule has 0 saturated heterocycles. The first-order valence-corrected chi connectivity index (χ1v) is 46.7. The van der Waals surface area contributed by atoms with E-state index in [0.29, 0.717) is 11.1 Å². The second-order valence-corrected chi connectivity index (χ2v) is 47.7. The zero-order valence-corrected chi connectivity index (χ0v) is 97.2. The molecule has 0 aliphatic rings. The summed E-state index contributed by atoms with van der Waals surface area (Å²) in [6.07, 6.45) is 15.8. The molecule has 566 valence electrons. The standard InChI is InChI=1S/C20H17NO2.2C13H13N.C11H18BrP.C10H15BrS.C10H15N.C9H9O2.2CH3Br.CO2.BrH.3Cs/c1-13-3-6-17(19(11-13)15-7-9-21-10-8-15)16-5-4-14(2)18(12-16)20(22)23;2*1-10-3-4-11(2)13(9-10)12-5-7-14-8-6-12;1-9-6-7-10(2)11(8-9)13(3,4,5)12;1-8-5-6-9(2)10(7-8)12(3,4)11;1-8-5-6-9(2)10(7-8)11(3)4;1-6-3-4-7(2)8(5-6)9(10)11;2*1-2;2-1-3;;;;/h3-12H,1-2H3,(H,22,23);2*3-9H,1-2H3;6-8H,1-5H3;5-7H,1-4H3;5-7H,1-4H3;4-5H,1-2H3,(H,10,11);2*1H3;;1H;;;/q;;;;;;-1;;;;;3*+1/p-2. The monoisotopic (exact) mass is 2180 g/mol. The van der Waals surface area contributed by atoms with Gasteiger partial charge in [0.2, 0.25) is 0 Å². The number of carboxylic acids is 2. The van der Waals surface area contributed by atoms with Crippen LogP contribution in [0.15, 0.2) is 218 Å². The van der Waals surface area contributed by atoms with Gasteiger partial charge in [-0.15, -0.1) is 5.56 Å². The summed E-state index contributed by atoms with van der Waals surface area (Å²) in [6.45, 7) is 35.7. The molecule has 0 saturated carbocycles. The predicted molar refractivity (Wildman–Crippen MR) is 462 cm³/mol. The van der Waals surface area contributed by atoms with Crippen LogP contribution in [0.5, 0.6) is 0 Å². The Hall–Kier alpha value is -1.33. The topological polar surface area (TPSA) is 158 Å². The molecule has 0 radical (unpaired) electrons. The smallest absolute Gasteiger partial charge is 1.00 e. The summed E-state index contributed by atoms with van der Waals surface area (Å²) in [7, 11) is 3.40. The van der Waals surface area contributed by atoms with Crippen molar-refractivity contribution in [3.63, 3.8) is 0 Å². The molecular formula is C89H105Br5Cs3N4O6PS. The fourth-order valence-electron chi connectivity index (χ4n) is 10.7. The van der Waals surface area contributed by atoms with E-state index in [1.165, 1.54) is 93.8 Å². The number of aromatic amines is 1. The Kier molecular flexibility index (Phi) is 58.4. The first-order valence-electron chi connectivity index (χ1n) is 33.7. The number of carbonyl (C=O) groups is 2. The molecule has 10 nitrogen and oxygen atoms in total. The summed E-state index contributed by atoms with van der Waals surface area (Å²) >= 11 is 13.5. The van der Waals surface area contributed by atoms with Crippen molar-refractivity contribution in [1.29, 1.82) is 0 Å². The SMILES string of the molecule is CBr.CBr.Cc1[c-]cc(C)c(C(=O)[O-])c1.Cc1ccc(-c2ccc(C)c(C(=O)[O-])c2)c(-c2ccncc2)c1.Cc1ccc(C)c(-c2cc[nH+]cc2)c1.Cc1ccc(C)c(-c2ccncc2)c1.Cc1ccc(C)c(N(C)C)c1.Cc1ccc(C)c(P(C)(C)(C)Br)c1.Cc1ccc(C)c(S(C)(C)Br)c1.O=C=O.[Br-].[Cs+].[Cs+].[Cs+]. The van der Waals surface area contributed by atoms with Gasteiger partial charge in [-0.05, 0) is 229 Å². The molecule has 0 atom stereocenters. The van der Waals surface area contributed by atoms with Crippen LogP contribution in [0.25, 0.3) is 44.5 Å². The Morgan fingerprint density at radius 3 is 1.19 bits per heavy atom. The molecule has 3 aromatic heterocycles. The van der Waals surface area contributed by atoms with Crippen LogP contribution in [0, 0.1) is 103 Å². The number of anilines is 1. The number of hydrogen-bond donors (Lipinski definition) is 0. The molecule has 0 unspecified atom stereocenters. The van der Waals surface area contributed by atoms with Crippen molar-refractivity contribution < 1.29 is 258 Å². The molecule has 0 aliphatic carbocycles. The number of aryl methyl sites for hydroxylation is 14. The van der Waals surface area contributed by atoms with Gasteiger partial charge >= 0.3 is 302 Å². The van der Waals surface area contributed by atoms with Crippen molar-refractivity contribution in [2.24, 2.45) is 0 Å². The quantitative estimate of drug-likeness (QED) is 0.0780. The zero-order chi connectivity index (χ0) is 79.6. The average Bonchev–Trinajstić information content (AvgIpc) is 0.786. The van der Waals surface area contributed by atoms with Crippen LogP contribution < -0.4 is 249 Å². The van der Waals surface area contributed by atoms with E-state index < -0.39 is 25.7 Å². The van der Waals surface area contributed by atoms with Crippen molar-refractivity contribution in [3.05, 3.63) is 308 Å². The molecule has 11 aromatic rings. The minimum Gasteiger partial charge on any atom is -1.00 e. The third-order valence-corrected chi connectivity index (χ3v) is 21.9. The van der Waals surface area contributed by atoms with Gasteiger partial charge in [-0.1, -0.05) is 159 Å². The maximum Gasteiger partial charge on any atom is 1.00 e.